The third-order valence-corrected chi connectivity index (χ3v) is 3.90. The van der Waals surface area contributed by atoms with E-state index in [0.717, 1.165) is 0 Å². The number of aromatic nitrogens is 1. The first-order valence-corrected chi connectivity index (χ1v) is 6.59. The molecule has 0 aromatic carbocycles. The lowest BCUT2D eigenvalue weighted by Crippen LogP contribution is -2.40. The predicted molar refractivity (Wildman–Crippen MR) is 62.5 cm³/mol. The molecule has 18 heavy (non-hydrogen) atoms. The number of aryl methyl sites for hydroxylation is 1. The van der Waals surface area contributed by atoms with E-state index in [2.05, 4.69) is 9.71 Å². The second kappa shape index (κ2) is 4.36. The number of H-pyrrole nitrogens is 1. The van der Waals surface area contributed by atoms with E-state index in [1.807, 2.05) is 0 Å². The van der Waals surface area contributed by atoms with E-state index in [1.54, 1.807) is 20.8 Å². The third kappa shape index (κ3) is 2.88. The van der Waals surface area contributed by atoms with Crippen LogP contribution in [0.15, 0.2) is 4.90 Å². The molecule has 6 nitrogen and oxygen atoms in total. The minimum absolute atomic E-state index is 0.0540. The second-order valence-corrected chi connectivity index (χ2v) is 6.55. The van der Waals surface area contributed by atoms with Crippen LogP contribution in [0.5, 0.6) is 0 Å². The van der Waals surface area contributed by atoms with Crippen LogP contribution in [0.4, 0.5) is 4.39 Å². The van der Waals surface area contributed by atoms with Crippen LogP contribution in [-0.4, -0.2) is 30.0 Å². The van der Waals surface area contributed by atoms with E-state index in [-0.39, 0.29) is 5.69 Å². The number of carboxylic acids is 1. The van der Waals surface area contributed by atoms with Crippen LogP contribution >= 0.6 is 0 Å². The van der Waals surface area contributed by atoms with Crippen molar-refractivity contribution in [2.24, 2.45) is 0 Å². The largest absolute Gasteiger partial charge is 0.476 e. The zero-order valence-corrected chi connectivity index (χ0v) is 11.3. The Morgan fingerprint density at radius 3 is 2.22 bits per heavy atom. The maximum atomic E-state index is 13.8. The van der Waals surface area contributed by atoms with Crippen molar-refractivity contribution in [1.29, 1.82) is 0 Å². The number of aromatic amines is 1. The van der Waals surface area contributed by atoms with Gasteiger partial charge in [-0.25, -0.2) is 22.3 Å². The van der Waals surface area contributed by atoms with Crippen molar-refractivity contribution in [3.05, 3.63) is 17.2 Å². The number of rotatable bonds is 3. The molecule has 0 aliphatic carbocycles. The molecule has 1 aromatic rings. The molecule has 0 aliphatic rings. The lowest BCUT2D eigenvalue weighted by atomic mass is 10.1. The SMILES string of the molecule is Cc1[nH]c(C(=O)O)c(F)c1S(=O)(=O)NC(C)(C)C. The molecule has 0 unspecified atom stereocenters. The minimum Gasteiger partial charge on any atom is -0.476 e. The van der Waals surface area contributed by atoms with Crippen LogP contribution in [0.2, 0.25) is 0 Å². The molecule has 1 rings (SSSR count). The molecule has 3 N–H and O–H groups in total. The highest BCUT2D eigenvalue weighted by Crippen LogP contribution is 2.23. The molecular weight excluding hydrogens is 263 g/mol. The number of carboxylic acid groups (broad SMARTS) is 1. The van der Waals surface area contributed by atoms with Gasteiger partial charge in [-0.2, -0.15) is 0 Å². The summed E-state index contributed by atoms with van der Waals surface area (Å²) in [6, 6.07) is 0. The Balaban J connectivity index is 3.39. The smallest absolute Gasteiger partial charge is 0.355 e. The van der Waals surface area contributed by atoms with Crippen LogP contribution in [0.25, 0.3) is 0 Å². The van der Waals surface area contributed by atoms with E-state index < -0.39 is 37.9 Å². The van der Waals surface area contributed by atoms with Crippen molar-refractivity contribution in [2.45, 2.75) is 38.1 Å². The highest BCUT2D eigenvalue weighted by molar-refractivity contribution is 7.89. The summed E-state index contributed by atoms with van der Waals surface area (Å²) < 4.78 is 40.0. The number of sulfonamides is 1. The number of carbonyl (C=O) groups is 1. The summed E-state index contributed by atoms with van der Waals surface area (Å²) in [6.45, 7) is 6.10. The molecule has 0 fully saturated rings. The molecule has 8 heteroatoms. The zero-order valence-electron chi connectivity index (χ0n) is 10.5. The van der Waals surface area contributed by atoms with Crippen LogP contribution in [-0.2, 0) is 10.0 Å². The van der Waals surface area contributed by atoms with E-state index in [4.69, 9.17) is 5.11 Å². The first-order valence-electron chi connectivity index (χ1n) is 5.11. The van der Waals surface area contributed by atoms with Gasteiger partial charge in [-0.05, 0) is 27.7 Å². The van der Waals surface area contributed by atoms with Crippen molar-refractivity contribution in [1.82, 2.24) is 9.71 Å². The van der Waals surface area contributed by atoms with Gasteiger partial charge >= 0.3 is 5.97 Å². The van der Waals surface area contributed by atoms with Crippen molar-refractivity contribution in [3.63, 3.8) is 0 Å². The van der Waals surface area contributed by atoms with Gasteiger partial charge in [-0.1, -0.05) is 0 Å². The van der Waals surface area contributed by atoms with Crippen LogP contribution in [0, 0.1) is 12.7 Å². The molecule has 0 radical (unpaired) electrons. The van der Waals surface area contributed by atoms with Crippen molar-refractivity contribution < 1.29 is 22.7 Å². The fourth-order valence-corrected chi connectivity index (χ4v) is 3.20. The first kappa shape index (κ1) is 14.7. The molecule has 0 spiro atoms. The van der Waals surface area contributed by atoms with Crippen molar-refractivity contribution >= 4 is 16.0 Å². The molecule has 1 heterocycles. The lowest BCUT2D eigenvalue weighted by molar-refractivity contribution is 0.0685. The molecule has 102 valence electrons. The Kier molecular flexibility index (Phi) is 3.55. The second-order valence-electron chi connectivity index (χ2n) is 4.93. The van der Waals surface area contributed by atoms with E-state index >= 15 is 0 Å². The Labute approximate surface area is 104 Å². The van der Waals surface area contributed by atoms with Gasteiger partial charge in [0.2, 0.25) is 10.0 Å². The van der Waals surface area contributed by atoms with Crippen LogP contribution in [0.3, 0.4) is 0 Å². The lowest BCUT2D eigenvalue weighted by Gasteiger charge is -2.20. The highest BCUT2D eigenvalue weighted by Gasteiger charge is 2.31. The average Bonchev–Trinajstić information content (AvgIpc) is 2.37. The number of hydrogen-bond donors (Lipinski definition) is 3. The Morgan fingerprint density at radius 1 is 1.39 bits per heavy atom. The molecule has 0 aliphatic heterocycles. The standard InChI is InChI=1S/C10H15FN2O4S/c1-5-8(6(11)7(12-5)9(14)15)18(16,17)13-10(2,3)4/h12-13H,1-4H3,(H,14,15). The molecule has 0 atom stereocenters. The van der Waals surface area contributed by atoms with E-state index in [0.29, 0.717) is 0 Å². The highest BCUT2D eigenvalue weighted by atomic mass is 32.2. The van der Waals surface area contributed by atoms with Crippen LogP contribution in [0.1, 0.15) is 37.0 Å². The Hall–Kier alpha value is -1.41. The summed E-state index contributed by atoms with van der Waals surface area (Å²) in [7, 11) is -4.11. The maximum Gasteiger partial charge on any atom is 0.355 e. The minimum atomic E-state index is -4.11. The summed E-state index contributed by atoms with van der Waals surface area (Å²) in [5.41, 5.74) is -1.61. The fraction of sp³-hybridized carbons (Fsp3) is 0.500. The normalized spacial score (nSPS) is 12.7. The topological polar surface area (TPSA) is 99.3 Å². The number of hydrogen-bond acceptors (Lipinski definition) is 3. The van der Waals surface area contributed by atoms with Gasteiger partial charge in [-0.3, -0.25) is 0 Å². The zero-order chi connectivity index (χ0) is 14.3. The molecule has 0 bridgehead atoms. The summed E-state index contributed by atoms with van der Waals surface area (Å²) in [6.07, 6.45) is 0. The van der Waals surface area contributed by atoms with Gasteiger partial charge < -0.3 is 10.1 Å². The summed E-state index contributed by atoms with van der Waals surface area (Å²) >= 11 is 0. The molecule has 0 saturated heterocycles. The number of halogens is 1. The quantitative estimate of drug-likeness (QED) is 0.774. The van der Waals surface area contributed by atoms with Crippen molar-refractivity contribution in [3.8, 4) is 0 Å². The van der Waals surface area contributed by atoms with E-state index in [9.17, 15) is 17.6 Å². The summed E-state index contributed by atoms with van der Waals surface area (Å²) in [5, 5.41) is 8.72. The number of nitrogens with one attached hydrogen (secondary N) is 2. The summed E-state index contributed by atoms with van der Waals surface area (Å²) in [4.78, 5) is 12.3. The fourth-order valence-electron chi connectivity index (χ4n) is 1.50. The van der Waals surface area contributed by atoms with Gasteiger partial charge in [-0.15, -0.1) is 0 Å². The summed E-state index contributed by atoms with van der Waals surface area (Å²) in [5.74, 6) is -2.83. The monoisotopic (exact) mass is 278 g/mol. The Morgan fingerprint density at radius 2 is 1.89 bits per heavy atom. The number of aromatic carboxylic acids is 1. The van der Waals surface area contributed by atoms with Gasteiger partial charge in [0.1, 0.15) is 4.90 Å². The van der Waals surface area contributed by atoms with Crippen LogP contribution < -0.4 is 4.72 Å². The molecule has 1 aromatic heterocycles. The van der Waals surface area contributed by atoms with Gasteiger partial charge in [0.15, 0.2) is 11.5 Å². The molecule has 0 amide bonds. The maximum absolute atomic E-state index is 13.8. The predicted octanol–water partition coefficient (Wildman–Crippen LogP) is 1.24. The van der Waals surface area contributed by atoms with Crippen molar-refractivity contribution in [2.75, 3.05) is 0 Å². The molecular formula is C10H15FN2O4S. The van der Waals surface area contributed by atoms with E-state index in [1.165, 1.54) is 6.92 Å². The third-order valence-electron chi connectivity index (χ3n) is 2.00. The first-order chi connectivity index (χ1) is 7.96. The average molecular weight is 278 g/mol. The molecule has 0 saturated carbocycles. The van der Waals surface area contributed by atoms with Gasteiger partial charge in [0.05, 0.1) is 0 Å². The van der Waals surface area contributed by atoms with Gasteiger partial charge in [0.25, 0.3) is 0 Å². The van der Waals surface area contributed by atoms with Gasteiger partial charge in [0, 0.05) is 11.2 Å². The Bertz CT molecular complexity index is 584.